The zero-order valence-electron chi connectivity index (χ0n) is 11.9. The minimum atomic E-state index is 0.298. The fourth-order valence-electron chi connectivity index (χ4n) is 2.69. The lowest BCUT2D eigenvalue weighted by atomic mass is 9.97. The minimum Gasteiger partial charge on any atom is -0.298 e. The van der Waals surface area contributed by atoms with Crippen LogP contribution in [0.2, 0.25) is 0 Å². The first kappa shape index (κ1) is 12.6. The third-order valence-electron chi connectivity index (χ3n) is 4.07. The van der Waals surface area contributed by atoms with E-state index in [2.05, 4.69) is 51.7 Å². The van der Waals surface area contributed by atoms with Gasteiger partial charge in [-0.25, -0.2) is 0 Å². The zero-order valence-corrected chi connectivity index (χ0v) is 11.9. The average molecular weight is 231 g/mol. The predicted molar refractivity (Wildman–Crippen MR) is 74.7 cm³/mol. The number of hydrogen-bond donors (Lipinski definition) is 0. The van der Waals surface area contributed by atoms with Gasteiger partial charge in [0.15, 0.2) is 0 Å². The van der Waals surface area contributed by atoms with Crippen molar-refractivity contribution in [1.29, 1.82) is 0 Å². The smallest absolute Gasteiger partial charge is 0.0125 e. The Balaban J connectivity index is 2.24. The highest BCUT2D eigenvalue weighted by Crippen LogP contribution is 2.23. The molecule has 0 aliphatic carbocycles. The number of aryl methyl sites for hydroxylation is 2. The lowest BCUT2D eigenvalue weighted by Crippen LogP contribution is -2.42. The van der Waals surface area contributed by atoms with Crippen LogP contribution in [0.3, 0.4) is 0 Å². The normalized spacial score (nSPS) is 17.7. The summed E-state index contributed by atoms with van der Waals surface area (Å²) < 4.78 is 0. The van der Waals surface area contributed by atoms with Crippen LogP contribution in [0.4, 0.5) is 0 Å². The summed E-state index contributed by atoms with van der Waals surface area (Å²) in [6.45, 7) is 13.8. The second-order valence-electron chi connectivity index (χ2n) is 6.36. The van der Waals surface area contributed by atoms with Crippen LogP contribution < -0.4 is 0 Å². The zero-order chi connectivity index (χ0) is 12.6. The van der Waals surface area contributed by atoms with E-state index in [4.69, 9.17) is 0 Å². The summed E-state index contributed by atoms with van der Waals surface area (Å²) in [6, 6.07) is 4.80. The third-order valence-corrected chi connectivity index (χ3v) is 4.07. The first-order valence-corrected chi connectivity index (χ1v) is 6.72. The van der Waals surface area contributed by atoms with Gasteiger partial charge in [0, 0.05) is 18.6 Å². The molecule has 0 amide bonds. The van der Waals surface area contributed by atoms with Gasteiger partial charge in [0.2, 0.25) is 0 Å². The van der Waals surface area contributed by atoms with E-state index in [0.717, 1.165) is 0 Å². The van der Waals surface area contributed by atoms with E-state index < -0.39 is 0 Å². The van der Waals surface area contributed by atoms with Crippen LogP contribution in [0.1, 0.15) is 43.0 Å². The van der Waals surface area contributed by atoms with Crippen molar-refractivity contribution < 1.29 is 0 Å². The monoisotopic (exact) mass is 231 g/mol. The molecule has 94 valence electrons. The summed E-state index contributed by atoms with van der Waals surface area (Å²) >= 11 is 0. The van der Waals surface area contributed by atoms with Crippen LogP contribution in [0.15, 0.2) is 12.1 Å². The van der Waals surface area contributed by atoms with Gasteiger partial charge >= 0.3 is 0 Å². The number of hydrogen-bond acceptors (Lipinski definition) is 1. The van der Waals surface area contributed by atoms with Gasteiger partial charge in [0.05, 0.1) is 0 Å². The van der Waals surface area contributed by atoms with Crippen LogP contribution in [-0.2, 0) is 12.8 Å². The summed E-state index contributed by atoms with van der Waals surface area (Å²) in [5, 5.41) is 0. The van der Waals surface area contributed by atoms with Crippen LogP contribution >= 0.6 is 0 Å². The van der Waals surface area contributed by atoms with Gasteiger partial charge in [-0.05, 0) is 69.7 Å². The standard InChI is InChI=1S/C16H25N/c1-12-10-14-6-8-17(16(3,4)5)9-7-15(14)11-13(12)2/h10-11H,6-9H2,1-5H3. The van der Waals surface area contributed by atoms with E-state index >= 15 is 0 Å². The Morgan fingerprint density at radius 2 is 1.29 bits per heavy atom. The molecule has 2 rings (SSSR count). The highest BCUT2D eigenvalue weighted by Gasteiger charge is 2.23. The molecule has 0 fully saturated rings. The molecule has 0 unspecified atom stereocenters. The van der Waals surface area contributed by atoms with Crippen molar-refractivity contribution in [1.82, 2.24) is 4.90 Å². The maximum absolute atomic E-state index is 2.61. The van der Waals surface area contributed by atoms with Gasteiger partial charge in [0.1, 0.15) is 0 Å². The lowest BCUT2D eigenvalue weighted by Gasteiger charge is -2.34. The second kappa shape index (κ2) is 4.45. The van der Waals surface area contributed by atoms with Gasteiger partial charge in [-0.1, -0.05) is 12.1 Å². The van der Waals surface area contributed by atoms with E-state index in [0.29, 0.717) is 5.54 Å². The van der Waals surface area contributed by atoms with Gasteiger partial charge in [0.25, 0.3) is 0 Å². The topological polar surface area (TPSA) is 3.24 Å². The Morgan fingerprint density at radius 1 is 0.882 bits per heavy atom. The molecule has 0 bridgehead atoms. The molecule has 1 aliphatic rings. The Hall–Kier alpha value is -0.820. The predicted octanol–water partition coefficient (Wildman–Crippen LogP) is 3.50. The summed E-state index contributed by atoms with van der Waals surface area (Å²) in [5.74, 6) is 0. The molecule has 0 atom stereocenters. The molecule has 0 N–H and O–H groups in total. The number of fused-ring (bicyclic) bond motifs is 1. The van der Waals surface area contributed by atoms with Gasteiger partial charge in [-0.3, -0.25) is 4.90 Å². The summed E-state index contributed by atoms with van der Waals surface area (Å²) in [7, 11) is 0. The SMILES string of the molecule is Cc1cc2c(cc1C)CCN(C(C)(C)C)CC2. The third kappa shape index (κ3) is 2.71. The highest BCUT2D eigenvalue weighted by atomic mass is 15.2. The fourth-order valence-corrected chi connectivity index (χ4v) is 2.69. The molecular weight excluding hydrogens is 206 g/mol. The molecule has 1 aromatic carbocycles. The average Bonchev–Trinajstić information content (AvgIpc) is 2.40. The van der Waals surface area contributed by atoms with Crippen molar-refractivity contribution in [2.45, 2.75) is 53.0 Å². The van der Waals surface area contributed by atoms with Crippen LogP contribution in [-0.4, -0.2) is 23.5 Å². The molecule has 1 aliphatic heterocycles. The molecule has 1 heterocycles. The van der Waals surface area contributed by atoms with E-state index in [-0.39, 0.29) is 0 Å². The summed E-state index contributed by atoms with van der Waals surface area (Å²) in [5.41, 5.74) is 6.31. The molecule has 1 heteroatoms. The van der Waals surface area contributed by atoms with Crippen molar-refractivity contribution in [2.24, 2.45) is 0 Å². The Bertz CT molecular complexity index is 379. The summed E-state index contributed by atoms with van der Waals surface area (Å²) in [6.07, 6.45) is 2.40. The molecule has 1 nitrogen and oxygen atoms in total. The van der Waals surface area contributed by atoms with Gasteiger partial charge in [-0.2, -0.15) is 0 Å². The summed E-state index contributed by atoms with van der Waals surface area (Å²) in [4.78, 5) is 2.61. The Morgan fingerprint density at radius 3 is 1.65 bits per heavy atom. The maximum Gasteiger partial charge on any atom is 0.0125 e. The van der Waals surface area contributed by atoms with Crippen molar-refractivity contribution in [3.63, 3.8) is 0 Å². The highest BCUT2D eigenvalue weighted by molar-refractivity contribution is 5.38. The molecule has 0 aromatic heterocycles. The largest absolute Gasteiger partial charge is 0.298 e. The Labute approximate surface area is 106 Å². The molecule has 0 saturated carbocycles. The fraction of sp³-hybridized carbons (Fsp3) is 0.625. The molecule has 0 radical (unpaired) electrons. The Kier molecular flexibility index (Phi) is 3.31. The number of benzene rings is 1. The van der Waals surface area contributed by atoms with Crippen molar-refractivity contribution in [3.05, 3.63) is 34.4 Å². The van der Waals surface area contributed by atoms with E-state index in [9.17, 15) is 0 Å². The lowest BCUT2D eigenvalue weighted by molar-refractivity contribution is 0.144. The molecule has 0 saturated heterocycles. The molecule has 17 heavy (non-hydrogen) atoms. The number of rotatable bonds is 0. The minimum absolute atomic E-state index is 0.298. The van der Waals surface area contributed by atoms with Crippen LogP contribution in [0.5, 0.6) is 0 Å². The van der Waals surface area contributed by atoms with E-state index in [1.165, 1.54) is 37.1 Å². The first-order chi connectivity index (χ1) is 7.88. The quantitative estimate of drug-likeness (QED) is 0.660. The van der Waals surface area contributed by atoms with Gasteiger partial charge < -0.3 is 0 Å². The van der Waals surface area contributed by atoms with E-state index in [1.54, 1.807) is 11.1 Å². The van der Waals surface area contributed by atoms with Crippen LogP contribution in [0, 0.1) is 13.8 Å². The van der Waals surface area contributed by atoms with Crippen molar-refractivity contribution in [2.75, 3.05) is 13.1 Å². The second-order valence-corrected chi connectivity index (χ2v) is 6.36. The molecule has 1 aromatic rings. The molecule has 0 spiro atoms. The number of nitrogens with zero attached hydrogens (tertiary/aromatic N) is 1. The van der Waals surface area contributed by atoms with Gasteiger partial charge in [-0.15, -0.1) is 0 Å². The first-order valence-electron chi connectivity index (χ1n) is 6.72. The van der Waals surface area contributed by atoms with Crippen LogP contribution in [0.25, 0.3) is 0 Å². The molecular formula is C16H25N. The van der Waals surface area contributed by atoms with E-state index in [1.807, 2.05) is 0 Å². The van der Waals surface area contributed by atoms with Crippen molar-refractivity contribution >= 4 is 0 Å². The maximum atomic E-state index is 2.61. The van der Waals surface area contributed by atoms with Crippen molar-refractivity contribution in [3.8, 4) is 0 Å².